The van der Waals surface area contributed by atoms with Crippen molar-refractivity contribution < 1.29 is 14.7 Å². The third-order valence-electron chi connectivity index (χ3n) is 5.83. The number of nitrogens with zero attached hydrogens (tertiary/aromatic N) is 3. The van der Waals surface area contributed by atoms with E-state index in [1.54, 1.807) is 26.1 Å². The number of aromatic nitrogens is 1. The zero-order valence-corrected chi connectivity index (χ0v) is 22.2. The fourth-order valence-corrected chi connectivity index (χ4v) is 5.31. The third-order valence-corrected chi connectivity index (χ3v) is 7.57. The maximum atomic E-state index is 13.1. The Morgan fingerprint density at radius 2 is 2.00 bits per heavy atom. The van der Waals surface area contributed by atoms with Crippen LogP contribution in [0.15, 0.2) is 34.0 Å². The first-order valence-corrected chi connectivity index (χ1v) is 12.8. The second kappa shape index (κ2) is 12.2. The highest BCUT2D eigenvalue weighted by Crippen LogP contribution is 2.35. The number of amides is 1. The fourth-order valence-electron chi connectivity index (χ4n) is 3.81. The molecule has 36 heavy (non-hydrogen) atoms. The maximum Gasteiger partial charge on any atom is 0.303 e. The van der Waals surface area contributed by atoms with Gasteiger partial charge in [0.1, 0.15) is 21.8 Å². The van der Waals surface area contributed by atoms with Crippen molar-refractivity contribution in [2.75, 3.05) is 11.9 Å². The van der Waals surface area contributed by atoms with Gasteiger partial charge in [-0.1, -0.05) is 60.2 Å². The van der Waals surface area contributed by atoms with Crippen LogP contribution < -0.4 is 10.9 Å². The number of carbonyl (C=O) groups excluding carboxylic acids is 1. The molecule has 3 rings (SSSR count). The Labute approximate surface area is 223 Å². The van der Waals surface area contributed by atoms with Crippen molar-refractivity contribution in [3.8, 4) is 6.07 Å². The Balaban J connectivity index is 1.91. The highest BCUT2D eigenvalue weighted by molar-refractivity contribution is 8.26. The van der Waals surface area contributed by atoms with Crippen LogP contribution in [-0.2, 0) is 23.2 Å². The normalized spacial score (nSPS) is 14.4. The van der Waals surface area contributed by atoms with Gasteiger partial charge < -0.3 is 10.4 Å². The van der Waals surface area contributed by atoms with E-state index in [1.807, 2.05) is 24.3 Å². The average Bonchev–Trinajstić information content (AvgIpc) is 3.10. The molecule has 0 radical (unpaired) electrons. The van der Waals surface area contributed by atoms with Gasteiger partial charge in [0.25, 0.3) is 11.5 Å². The molecule has 8 nitrogen and oxygen atoms in total. The number of carbonyl (C=O) groups is 2. The highest BCUT2D eigenvalue weighted by atomic mass is 35.5. The second-order valence-electron chi connectivity index (χ2n) is 8.22. The summed E-state index contributed by atoms with van der Waals surface area (Å²) < 4.78 is 1.77. The number of thioether (sulfide) groups is 1. The monoisotopic (exact) mass is 544 g/mol. The number of pyridine rings is 1. The predicted octanol–water partition coefficient (Wildman–Crippen LogP) is 4.68. The van der Waals surface area contributed by atoms with Crippen LogP contribution in [0, 0.1) is 18.3 Å². The van der Waals surface area contributed by atoms with Crippen molar-refractivity contribution in [2.45, 2.75) is 39.2 Å². The van der Waals surface area contributed by atoms with E-state index in [0.717, 1.165) is 17.3 Å². The van der Waals surface area contributed by atoms with Gasteiger partial charge in [0.05, 0.1) is 4.91 Å². The lowest BCUT2D eigenvalue weighted by Crippen LogP contribution is -2.29. The maximum absolute atomic E-state index is 13.1. The molecule has 188 valence electrons. The minimum atomic E-state index is -0.841. The van der Waals surface area contributed by atoms with E-state index < -0.39 is 11.5 Å². The molecule has 2 N–H and O–H groups in total. The van der Waals surface area contributed by atoms with E-state index in [4.69, 9.17) is 28.9 Å². The molecule has 1 saturated heterocycles. The standard InChI is InChI=1S/C25H25ClN4O4S2/c1-15-17(12-20-24(34)30(25(35)36-20)11-7-3-4-10-21(31)32)22(29(2)23(33)18(15)13-27)28-14-16-8-5-6-9-19(16)26/h5-6,8-9,12,28H,3-4,7,10-11,14H2,1-2H3,(H,31,32)/b20-12+. The lowest BCUT2D eigenvalue weighted by molar-refractivity contribution is -0.137. The van der Waals surface area contributed by atoms with E-state index in [1.165, 1.54) is 9.47 Å². The molecule has 0 atom stereocenters. The molecule has 0 bridgehead atoms. The molecule has 2 heterocycles. The molecule has 1 aliphatic rings. The van der Waals surface area contributed by atoms with E-state index in [-0.39, 0.29) is 17.9 Å². The topological polar surface area (TPSA) is 115 Å². The predicted molar refractivity (Wildman–Crippen MR) is 146 cm³/mol. The molecule has 2 aromatic rings. The minimum absolute atomic E-state index is 0.000882. The van der Waals surface area contributed by atoms with E-state index >= 15 is 0 Å². The number of anilines is 1. The summed E-state index contributed by atoms with van der Waals surface area (Å²) in [5, 5.41) is 22.2. The number of rotatable bonds is 10. The van der Waals surface area contributed by atoms with Crippen LogP contribution in [0.1, 0.15) is 47.9 Å². The molecule has 11 heteroatoms. The number of carboxylic acids is 1. The number of halogens is 1. The van der Waals surface area contributed by atoms with Gasteiger partial charge in [-0.05, 0) is 43.0 Å². The quantitative estimate of drug-likeness (QED) is 0.252. The minimum Gasteiger partial charge on any atom is -0.481 e. The zero-order valence-electron chi connectivity index (χ0n) is 19.8. The Hall–Kier alpha value is -3.13. The van der Waals surface area contributed by atoms with E-state index in [2.05, 4.69) is 5.32 Å². The van der Waals surface area contributed by atoms with Crippen molar-refractivity contribution in [1.82, 2.24) is 9.47 Å². The van der Waals surface area contributed by atoms with Gasteiger partial charge in [0.15, 0.2) is 0 Å². The van der Waals surface area contributed by atoms with Crippen LogP contribution >= 0.6 is 35.6 Å². The number of carboxylic acid groups (broad SMARTS) is 1. The highest BCUT2D eigenvalue weighted by Gasteiger charge is 2.32. The van der Waals surface area contributed by atoms with Crippen molar-refractivity contribution in [3.63, 3.8) is 0 Å². The first-order chi connectivity index (χ1) is 17.1. The number of thiocarbonyl (C=S) groups is 1. The van der Waals surface area contributed by atoms with Crippen molar-refractivity contribution >= 4 is 63.7 Å². The second-order valence-corrected chi connectivity index (χ2v) is 10.3. The molecule has 1 aromatic heterocycles. The average molecular weight is 545 g/mol. The number of hydrogen-bond acceptors (Lipinski definition) is 7. The number of hydrogen-bond donors (Lipinski definition) is 2. The molecule has 0 spiro atoms. The smallest absolute Gasteiger partial charge is 0.303 e. The summed E-state index contributed by atoms with van der Waals surface area (Å²) in [5.74, 6) is -0.644. The summed E-state index contributed by atoms with van der Waals surface area (Å²) in [7, 11) is 1.57. The number of unbranched alkanes of at least 4 members (excludes halogenated alkanes) is 2. The fraction of sp³-hybridized carbons (Fsp3) is 0.320. The van der Waals surface area contributed by atoms with Gasteiger partial charge in [-0.25, -0.2) is 0 Å². The van der Waals surface area contributed by atoms with E-state index in [0.29, 0.717) is 63.5 Å². The Kier molecular flexibility index (Phi) is 9.31. The lowest BCUT2D eigenvalue weighted by atomic mass is 10.0. The summed E-state index contributed by atoms with van der Waals surface area (Å²) in [6.45, 7) is 2.40. The van der Waals surface area contributed by atoms with Gasteiger partial charge >= 0.3 is 5.97 Å². The molecule has 1 amide bonds. The van der Waals surface area contributed by atoms with Gasteiger partial charge in [0.2, 0.25) is 0 Å². The molecule has 0 unspecified atom stereocenters. The summed E-state index contributed by atoms with van der Waals surface area (Å²) in [5.41, 5.74) is 1.39. The van der Waals surface area contributed by atoms with Crippen molar-refractivity contribution in [1.29, 1.82) is 5.26 Å². The number of aliphatic carboxylic acids is 1. The van der Waals surface area contributed by atoms with Crippen LogP contribution in [-0.4, -0.2) is 37.3 Å². The molecule has 1 fully saturated rings. The van der Waals surface area contributed by atoms with Crippen LogP contribution in [0.25, 0.3) is 6.08 Å². The number of nitrogens with one attached hydrogen (secondary N) is 1. The van der Waals surface area contributed by atoms with Crippen molar-refractivity contribution in [2.24, 2.45) is 7.05 Å². The molecule has 1 aromatic carbocycles. The Morgan fingerprint density at radius 3 is 2.67 bits per heavy atom. The van der Waals surface area contributed by atoms with Gasteiger partial charge in [-0.2, -0.15) is 5.26 Å². The van der Waals surface area contributed by atoms with Crippen LogP contribution in [0.2, 0.25) is 5.02 Å². The zero-order chi connectivity index (χ0) is 26.4. The number of benzene rings is 1. The summed E-state index contributed by atoms with van der Waals surface area (Å²) >= 11 is 12.9. The van der Waals surface area contributed by atoms with Crippen LogP contribution in [0.3, 0.4) is 0 Å². The largest absolute Gasteiger partial charge is 0.481 e. The Morgan fingerprint density at radius 1 is 1.28 bits per heavy atom. The first kappa shape index (κ1) is 27.5. The molecular weight excluding hydrogens is 520 g/mol. The van der Waals surface area contributed by atoms with Gasteiger partial charge in [-0.15, -0.1) is 0 Å². The molecule has 0 saturated carbocycles. The SMILES string of the molecule is Cc1c(/C=C2/SC(=S)N(CCCCCC(=O)O)C2=O)c(NCc2ccccc2Cl)n(C)c(=O)c1C#N. The first-order valence-electron chi connectivity index (χ1n) is 11.2. The van der Waals surface area contributed by atoms with Gasteiger partial charge in [-0.3, -0.25) is 23.9 Å². The lowest BCUT2D eigenvalue weighted by Gasteiger charge is -2.18. The van der Waals surface area contributed by atoms with E-state index in [9.17, 15) is 19.6 Å². The summed E-state index contributed by atoms with van der Waals surface area (Å²) in [6.07, 6.45) is 3.59. The number of nitriles is 1. The van der Waals surface area contributed by atoms with Crippen molar-refractivity contribution in [3.05, 3.63) is 66.8 Å². The van der Waals surface area contributed by atoms with Gasteiger partial charge in [0, 0.05) is 37.1 Å². The van der Waals surface area contributed by atoms with Crippen LogP contribution in [0.5, 0.6) is 0 Å². The van der Waals surface area contributed by atoms with Crippen LogP contribution in [0.4, 0.5) is 5.82 Å². The molecule has 0 aliphatic carbocycles. The molecule has 1 aliphatic heterocycles. The Bertz CT molecular complexity index is 1350. The summed E-state index contributed by atoms with van der Waals surface area (Å²) in [4.78, 5) is 38.5. The third kappa shape index (κ3) is 6.16. The molecular formula is C25H25ClN4O4S2. The summed E-state index contributed by atoms with van der Waals surface area (Å²) in [6, 6.07) is 9.30.